The molecular formula is C21H21N3S. The highest BCUT2D eigenvalue weighted by molar-refractivity contribution is 7.80. The Labute approximate surface area is 153 Å². The molecule has 25 heavy (non-hydrogen) atoms. The minimum atomic E-state index is 0.153. The van der Waals surface area contributed by atoms with Gasteiger partial charge in [0, 0.05) is 31.5 Å². The van der Waals surface area contributed by atoms with Gasteiger partial charge in [-0.2, -0.15) is 0 Å². The second-order valence-electron chi connectivity index (χ2n) is 6.28. The van der Waals surface area contributed by atoms with Crippen LogP contribution in [-0.2, 0) is 13.1 Å². The maximum atomic E-state index is 5.76. The maximum absolute atomic E-state index is 5.76. The van der Waals surface area contributed by atoms with Gasteiger partial charge in [0.05, 0.1) is 6.04 Å². The molecule has 3 aromatic rings. The second kappa shape index (κ2) is 7.11. The van der Waals surface area contributed by atoms with Gasteiger partial charge >= 0.3 is 0 Å². The van der Waals surface area contributed by atoms with Gasteiger partial charge in [0.1, 0.15) is 0 Å². The standard InChI is InChI=1S/C21H21N3S/c25-21(22-16-17-8-3-1-4-9-17)24-15-14-23-13-7-12-19(23)20(24)18-10-5-2-6-11-18/h1-13,20H,14-16H2,(H,22,25)/t20-/m0/s1. The summed E-state index contributed by atoms with van der Waals surface area (Å²) < 4.78 is 2.33. The van der Waals surface area contributed by atoms with Gasteiger partial charge in [-0.1, -0.05) is 60.7 Å². The van der Waals surface area contributed by atoms with E-state index in [1.54, 1.807) is 0 Å². The van der Waals surface area contributed by atoms with Crippen molar-refractivity contribution in [3.05, 3.63) is 95.8 Å². The van der Waals surface area contributed by atoms with Crippen LogP contribution in [-0.4, -0.2) is 21.1 Å². The Balaban J connectivity index is 1.58. The molecule has 3 nitrogen and oxygen atoms in total. The Morgan fingerprint density at radius 2 is 1.64 bits per heavy atom. The Morgan fingerprint density at radius 1 is 0.920 bits per heavy atom. The third kappa shape index (κ3) is 3.30. The number of rotatable bonds is 3. The maximum Gasteiger partial charge on any atom is 0.170 e. The molecule has 2 heterocycles. The van der Waals surface area contributed by atoms with Gasteiger partial charge in [-0.3, -0.25) is 0 Å². The number of hydrogen-bond acceptors (Lipinski definition) is 1. The highest BCUT2D eigenvalue weighted by Gasteiger charge is 2.30. The molecule has 0 amide bonds. The number of benzene rings is 2. The van der Waals surface area contributed by atoms with Crippen molar-refractivity contribution in [2.75, 3.05) is 6.54 Å². The molecule has 4 heteroatoms. The number of nitrogens with zero attached hydrogens (tertiary/aromatic N) is 2. The summed E-state index contributed by atoms with van der Waals surface area (Å²) in [5, 5.41) is 4.25. The number of hydrogen-bond donors (Lipinski definition) is 1. The first-order valence-electron chi connectivity index (χ1n) is 8.61. The van der Waals surface area contributed by atoms with E-state index in [4.69, 9.17) is 12.2 Å². The third-order valence-corrected chi connectivity index (χ3v) is 5.08. The van der Waals surface area contributed by atoms with E-state index in [9.17, 15) is 0 Å². The second-order valence-corrected chi connectivity index (χ2v) is 6.66. The third-order valence-electron chi connectivity index (χ3n) is 4.70. The number of aromatic nitrogens is 1. The molecule has 4 rings (SSSR count). The SMILES string of the molecule is S=C(NCc1ccccc1)N1CCn2cccc2[C@@H]1c1ccccc1. The summed E-state index contributed by atoms with van der Waals surface area (Å²) in [7, 11) is 0. The zero-order valence-electron chi connectivity index (χ0n) is 14.0. The molecule has 0 fully saturated rings. The normalized spacial score (nSPS) is 16.3. The summed E-state index contributed by atoms with van der Waals surface area (Å²) in [6.45, 7) is 2.61. The fourth-order valence-electron chi connectivity index (χ4n) is 3.46. The lowest BCUT2D eigenvalue weighted by Crippen LogP contribution is -2.46. The molecule has 126 valence electrons. The average Bonchev–Trinajstić information content (AvgIpc) is 3.15. The minimum Gasteiger partial charge on any atom is -0.358 e. The zero-order chi connectivity index (χ0) is 17.1. The van der Waals surface area contributed by atoms with Gasteiger partial charge in [-0.15, -0.1) is 0 Å². The zero-order valence-corrected chi connectivity index (χ0v) is 14.8. The highest BCUT2D eigenvalue weighted by atomic mass is 32.1. The van der Waals surface area contributed by atoms with Crippen molar-refractivity contribution < 1.29 is 0 Å². The van der Waals surface area contributed by atoms with Crippen LogP contribution in [0, 0.1) is 0 Å². The van der Waals surface area contributed by atoms with Gasteiger partial charge in [-0.25, -0.2) is 0 Å². The first-order valence-corrected chi connectivity index (χ1v) is 9.02. The van der Waals surface area contributed by atoms with E-state index >= 15 is 0 Å². The molecule has 1 N–H and O–H groups in total. The average molecular weight is 347 g/mol. The van der Waals surface area contributed by atoms with E-state index in [2.05, 4.69) is 87.7 Å². The smallest absolute Gasteiger partial charge is 0.170 e. The van der Waals surface area contributed by atoms with Gasteiger partial charge in [0.15, 0.2) is 5.11 Å². The lowest BCUT2D eigenvalue weighted by Gasteiger charge is -2.39. The van der Waals surface area contributed by atoms with E-state index < -0.39 is 0 Å². The summed E-state index contributed by atoms with van der Waals surface area (Å²) >= 11 is 5.76. The first kappa shape index (κ1) is 15.9. The summed E-state index contributed by atoms with van der Waals surface area (Å²) in [6.07, 6.45) is 2.16. The van der Waals surface area contributed by atoms with Gasteiger partial charge in [-0.05, 0) is 35.5 Å². The monoisotopic (exact) mass is 347 g/mol. The minimum absolute atomic E-state index is 0.153. The largest absolute Gasteiger partial charge is 0.358 e. The van der Waals surface area contributed by atoms with E-state index in [1.165, 1.54) is 16.8 Å². The van der Waals surface area contributed by atoms with Crippen molar-refractivity contribution in [3.8, 4) is 0 Å². The molecule has 1 aliphatic rings. The fourth-order valence-corrected chi connectivity index (χ4v) is 3.73. The molecule has 1 atom stereocenters. The van der Waals surface area contributed by atoms with Crippen LogP contribution in [0.15, 0.2) is 79.0 Å². The molecule has 1 aromatic heterocycles. The van der Waals surface area contributed by atoms with Crippen molar-refractivity contribution in [2.24, 2.45) is 0 Å². The molecule has 0 saturated carbocycles. The predicted molar refractivity (Wildman–Crippen MR) is 105 cm³/mol. The van der Waals surface area contributed by atoms with Crippen molar-refractivity contribution in [1.29, 1.82) is 0 Å². The molecule has 0 spiro atoms. The van der Waals surface area contributed by atoms with Crippen LogP contribution in [0.2, 0.25) is 0 Å². The van der Waals surface area contributed by atoms with Crippen molar-refractivity contribution >= 4 is 17.3 Å². The molecule has 2 aromatic carbocycles. The van der Waals surface area contributed by atoms with Crippen LogP contribution >= 0.6 is 12.2 Å². The van der Waals surface area contributed by atoms with Gasteiger partial charge in [0.25, 0.3) is 0 Å². The number of thiocarbonyl (C=S) groups is 1. The molecule has 0 bridgehead atoms. The topological polar surface area (TPSA) is 20.2 Å². The first-order chi connectivity index (χ1) is 12.3. The lowest BCUT2D eigenvalue weighted by molar-refractivity contribution is 0.286. The quantitative estimate of drug-likeness (QED) is 0.724. The molecule has 0 saturated heterocycles. The van der Waals surface area contributed by atoms with Crippen LogP contribution < -0.4 is 5.32 Å². The number of nitrogens with one attached hydrogen (secondary N) is 1. The Morgan fingerprint density at radius 3 is 2.40 bits per heavy atom. The van der Waals surface area contributed by atoms with Crippen LogP contribution in [0.5, 0.6) is 0 Å². The highest BCUT2D eigenvalue weighted by Crippen LogP contribution is 2.32. The van der Waals surface area contributed by atoms with Crippen LogP contribution in [0.3, 0.4) is 0 Å². The van der Waals surface area contributed by atoms with E-state index in [0.29, 0.717) is 0 Å². The van der Waals surface area contributed by atoms with E-state index in [-0.39, 0.29) is 6.04 Å². The summed E-state index contributed by atoms with van der Waals surface area (Å²) in [6, 6.07) is 25.5. The van der Waals surface area contributed by atoms with Crippen molar-refractivity contribution in [3.63, 3.8) is 0 Å². The van der Waals surface area contributed by atoms with Crippen LogP contribution in [0.1, 0.15) is 22.9 Å². The molecular weight excluding hydrogens is 326 g/mol. The van der Waals surface area contributed by atoms with Crippen molar-refractivity contribution in [2.45, 2.75) is 19.1 Å². The molecule has 0 radical (unpaired) electrons. The Kier molecular flexibility index (Phi) is 4.53. The van der Waals surface area contributed by atoms with Gasteiger partial charge in [0.2, 0.25) is 0 Å². The lowest BCUT2D eigenvalue weighted by atomic mass is 10.0. The van der Waals surface area contributed by atoms with Crippen LogP contribution in [0.4, 0.5) is 0 Å². The summed E-state index contributed by atoms with van der Waals surface area (Å²) in [5.74, 6) is 0. The van der Waals surface area contributed by atoms with E-state index in [0.717, 1.165) is 24.7 Å². The molecule has 1 aliphatic heterocycles. The van der Waals surface area contributed by atoms with Crippen molar-refractivity contribution in [1.82, 2.24) is 14.8 Å². The van der Waals surface area contributed by atoms with Crippen LogP contribution in [0.25, 0.3) is 0 Å². The molecule has 0 aliphatic carbocycles. The summed E-state index contributed by atoms with van der Waals surface area (Å²) in [5.41, 5.74) is 3.80. The predicted octanol–water partition coefficient (Wildman–Crippen LogP) is 3.97. The van der Waals surface area contributed by atoms with E-state index in [1.807, 2.05) is 6.07 Å². The Hall–Kier alpha value is -2.59. The molecule has 0 unspecified atom stereocenters. The number of fused-ring (bicyclic) bond motifs is 1. The fraction of sp³-hybridized carbons (Fsp3) is 0.190. The summed E-state index contributed by atoms with van der Waals surface area (Å²) in [4.78, 5) is 2.31. The Bertz CT molecular complexity index is 842. The van der Waals surface area contributed by atoms with Gasteiger partial charge < -0.3 is 14.8 Å².